The van der Waals surface area contributed by atoms with Crippen LogP contribution in [-0.4, -0.2) is 30.3 Å². The van der Waals surface area contributed by atoms with Gasteiger partial charge in [-0.2, -0.15) is 21.1 Å². The number of halogens is 1. The summed E-state index contributed by atoms with van der Waals surface area (Å²) in [5, 5.41) is 20.3. The molecule has 0 amide bonds. The minimum atomic E-state index is 0.278. The lowest BCUT2D eigenvalue weighted by Gasteiger charge is -1.94. The van der Waals surface area contributed by atoms with Gasteiger partial charge in [0.05, 0.1) is 0 Å². The summed E-state index contributed by atoms with van der Waals surface area (Å²) in [5.74, 6) is 1.55. The Bertz CT molecular complexity index is 915. The number of rotatable bonds is 4. The van der Waals surface area contributed by atoms with Crippen molar-refractivity contribution in [1.29, 1.82) is 0 Å². The lowest BCUT2D eigenvalue weighted by Crippen LogP contribution is -2.04. The monoisotopic (exact) mass is 388 g/mol. The van der Waals surface area contributed by atoms with Crippen LogP contribution < -0.4 is 0 Å². The van der Waals surface area contributed by atoms with Crippen LogP contribution in [0.4, 0.5) is 0 Å². The molecule has 0 aliphatic carbocycles. The Hall–Kier alpha value is -2.39. The van der Waals surface area contributed by atoms with Crippen LogP contribution in [-0.2, 0) is 6.54 Å². The fourth-order valence-corrected chi connectivity index (χ4v) is 2.87. The first-order valence-electron chi connectivity index (χ1n) is 6.67. The van der Waals surface area contributed by atoms with Crippen molar-refractivity contribution in [3.63, 3.8) is 0 Å². The maximum absolute atomic E-state index is 5.23. The smallest absolute Gasteiger partial charge is 0.250 e. The fraction of sp³-hybridized carbons (Fsp3) is 0.0714. The van der Waals surface area contributed by atoms with Crippen LogP contribution >= 0.6 is 27.3 Å². The Kier molecular flexibility index (Phi) is 3.72. The molecule has 0 N–H and O–H groups in total. The van der Waals surface area contributed by atoms with Gasteiger partial charge in [-0.15, -0.1) is 10.2 Å². The highest BCUT2D eigenvalue weighted by Crippen LogP contribution is 2.19. The summed E-state index contributed by atoms with van der Waals surface area (Å²) in [4.78, 5) is 5.77. The molecule has 0 saturated carbocycles. The van der Waals surface area contributed by atoms with Gasteiger partial charge in [0.15, 0.2) is 0 Å². The van der Waals surface area contributed by atoms with Crippen molar-refractivity contribution in [3.8, 4) is 22.8 Å². The van der Waals surface area contributed by atoms with Crippen LogP contribution in [0.3, 0.4) is 0 Å². The highest BCUT2D eigenvalue weighted by Gasteiger charge is 2.12. The van der Waals surface area contributed by atoms with Gasteiger partial charge in [-0.3, -0.25) is 0 Å². The zero-order valence-corrected chi connectivity index (χ0v) is 14.0. The number of hydrogen-bond acceptors (Lipinski definition) is 7. The molecule has 3 aromatic heterocycles. The maximum Gasteiger partial charge on any atom is 0.250 e. The van der Waals surface area contributed by atoms with E-state index in [-0.39, 0.29) is 6.54 Å². The molecule has 1 aromatic carbocycles. The molecule has 0 aliphatic rings. The predicted molar refractivity (Wildman–Crippen MR) is 87.7 cm³/mol. The molecular weight excluding hydrogens is 380 g/mol. The van der Waals surface area contributed by atoms with Gasteiger partial charge in [0, 0.05) is 21.0 Å². The zero-order valence-electron chi connectivity index (χ0n) is 11.6. The van der Waals surface area contributed by atoms with Crippen molar-refractivity contribution in [2.75, 3.05) is 0 Å². The lowest BCUT2D eigenvalue weighted by atomic mass is 10.2. The Morgan fingerprint density at radius 2 is 1.96 bits per heavy atom. The largest absolute Gasteiger partial charge is 0.337 e. The van der Waals surface area contributed by atoms with Gasteiger partial charge < -0.3 is 4.52 Å². The van der Waals surface area contributed by atoms with Crippen LogP contribution in [0.25, 0.3) is 22.8 Å². The second kappa shape index (κ2) is 6.01. The van der Waals surface area contributed by atoms with E-state index in [9.17, 15) is 0 Å². The van der Waals surface area contributed by atoms with E-state index in [2.05, 4.69) is 41.5 Å². The fourth-order valence-electron chi connectivity index (χ4n) is 1.97. The van der Waals surface area contributed by atoms with Crippen molar-refractivity contribution in [2.45, 2.75) is 6.54 Å². The summed E-state index contributed by atoms with van der Waals surface area (Å²) < 4.78 is 6.23. The number of aromatic nitrogens is 6. The molecule has 4 aromatic rings. The average molecular weight is 389 g/mol. The number of tetrazole rings is 1. The highest BCUT2D eigenvalue weighted by atomic mass is 79.9. The van der Waals surface area contributed by atoms with Crippen LogP contribution in [0.15, 0.2) is 50.1 Å². The van der Waals surface area contributed by atoms with Gasteiger partial charge in [0.25, 0.3) is 5.89 Å². The molecule has 0 unspecified atom stereocenters. The second-order valence-electron chi connectivity index (χ2n) is 4.67. The van der Waals surface area contributed by atoms with Gasteiger partial charge in [-0.1, -0.05) is 21.1 Å². The van der Waals surface area contributed by atoms with E-state index < -0.39 is 0 Å². The first-order chi connectivity index (χ1) is 11.3. The van der Waals surface area contributed by atoms with Crippen molar-refractivity contribution in [1.82, 2.24) is 30.3 Å². The van der Waals surface area contributed by atoms with Gasteiger partial charge >= 0.3 is 0 Å². The van der Waals surface area contributed by atoms with E-state index in [1.54, 1.807) is 11.3 Å². The second-order valence-corrected chi connectivity index (χ2v) is 6.37. The average Bonchev–Trinajstić information content (AvgIpc) is 3.29. The van der Waals surface area contributed by atoms with Crippen molar-refractivity contribution in [3.05, 3.63) is 51.5 Å². The van der Waals surface area contributed by atoms with Crippen LogP contribution in [0, 0.1) is 0 Å². The summed E-state index contributed by atoms with van der Waals surface area (Å²) in [6, 6.07) is 9.65. The van der Waals surface area contributed by atoms with Gasteiger partial charge in [0.1, 0.15) is 6.54 Å². The van der Waals surface area contributed by atoms with Crippen LogP contribution in [0.5, 0.6) is 0 Å². The van der Waals surface area contributed by atoms with Crippen LogP contribution in [0.2, 0.25) is 0 Å². The summed E-state index contributed by atoms with van der Waals surface area (Å²) >= 11 is 4.98. The SMILES string of the molecule is Brc1ccc(-c2nnn(Cc3nc(-c4ccsc4)no3)n2)cc1. The van der Waals surface area contributed by atoms with E-state index in [0.29, 0.717) is 17.5 Å². The number of benzene rings is 1. The summed E-state index contributed by atoms with van der Waals surface area (Å²) in [6.45, 7) is 0.278. The third-order valence-corrected chi connectivity index (χ3v) is 4.29. The zero-order chi connectivity index (χ0) is 15.6. The van der Waals surface area contributed by atoms with E-state index in [1.807, 2.05) is 41.1 Å². The molecule has 0 bridgehead atoms. The first kappa shape index (κ1) is 14.2. The van der Waals surface area contributed by atoms with Crippen molar-refractivity contribution >= 4 is 27.3 Å². The first-order valence-corrected chi connectivity index (χ1v) is 8.40. The van der Waals surface area contributed by atoms with E-state index >= 15 is 0 Å². The van der Waals surface area contributed by atoms with E-state index in [1.165, 1.54) is 4.80 Å². The molecule has 0 radical (unpaired) electrons. The molecule has 0 aliphatic heterocycles. The third-order valence-electron chi connectivity index (χ3n) is 3.08. The molecule has 0 saturated heterocycles. The van der Waals surface area contributed by atoms with Gasteiger partial charge in [-0.05, 0) is 40.9 Å². The standard InChI is InChI=1S/C14H9BrN6OS/c15-11-3-1-9(2-4-11)14-17-20-21(18-14)7-12-16-13(19-22-12)10-5-6-23-8-10/h1-6,8H,7H2. The maximum atomic E-state index is 5.23. The lowest BCUT2D eigenvalue weighted by molar-refractivity contribution is 0.356. The summed E-state index contributed by atoms with van der Waals surface area (Å²) in [7, 11) is 0. The molecule has 7 nitrogen and oxygen atoms in total. The summed E-state index contributed by atoms with van der Waals surface area (Å²) in [5.41, 5.74) is 1.83. The molecule has 23 heavy (non-hydrogen) atoms. The Morgan fingerprint density at radius 1 is 1.09 bits per heavy atom. The molecule has 114 valence electrons. The minimum Gasteiger partial charge on any atom is -0.337 e. The topological polar surface area (TPSA) is 82.5 Å². The Balaban J connectivity index is 1.53. The molecule has 0 spiro atoms. The summed E-state index contributed by atoms with van der Waals surface area (Å²) in [6.07, 6.45) is 0. The molecule has 9 heteroatoms. The minimum absolute atomic E-state index is 0.278. The highest BCUT2D eigenvalue weighted by molar-refractivity contribution is 9.10. The quantitative estimate of drug-likeness (QED) is 0.533. The van der Waals surface area contributed by atoms with Crippen molar-refractivity contribution in [2.24, 2.45) is 0 Å². The molecule has 0 fully saturated rings. The van der Waals surface area contributed by atoms with Crippen molar-refractivity contribution < 1.29 is 4.52 Å². The Morgan fingerprint density at radius 3 is 2.74 bits per heavy atom. The molecule has 0 atom stereocenters. The number of thiophene rings is 1. The Labute approximate surface area is 143 Å². The van der Waals surface area contributed by atoms with E-state index in [0.717, 1.165) is 15.6 Å². The number of nitrogens with zero attached hydrogens (tertiary/aromatic N) is 6. The molecule has 3 heterocycles. The number of hydrogen-bond donors (Lipinski definition) is 0. The van der Waals surface area contributed by atoms with Crippen LogP contribution in [0.1, 0.15) is 5.89 Å². The predicted octanol–water partition coefficient (Wildman–Crippen LogP) is 3.26. The molecule has 4 rings (SSSR count). The van der Waals surface area contributed by atoms with Gasteiger partial charge in [0.2, 0.25) is 11.6 Å². The van der Waals surface area contributed by atoms with E-state index in [4.69, 9.17) is 4.52 Å². The third kappa shape index (κ3) is 3.06. The van der Waals surface area contributed by atoms with Gasteiger partial charge in [-0.25, -0.2) is 0 Å². The molecular formula is C14H9BrN6OS. The normalized spacial score (nSPS) is 11.0.